The molecule has 1 heterocycles. The van der Waals surface area contributed by atoms with E-state index in [1.54, 1.807) is 0 Å². The summed E-state index contributed by atoms with van der Waals surface area (Å²) < 4.78 is 0. The van der Waals surface area contributed by atoms with E-state index in [1.807, 2.05) is 12.1 Å². The van der Waals surface area contributed by atoms with Gasteiger partial charge in [0.15, 0.2) is 0 Å². The fraction of sp³-hybridized carbons (Fsp3) is 0.333. The first-order valence-corrected chi connectivity index (χ1v) is 6.54. The lowest BCUT2D eigenvalue weighted by Crippen LogP contribution is -2.12. The molecule has 1 atom stereocenters. The quantitative estimate of drug-likeness (QED) is 0.883. The van der Waals surface area contributed by atoms with Crippen molar-refractivity contribution in [3.63, 3.8) is 0 Å². The molecule has 0 aliphatic rings. The molecule has 19 heavy (non-hydrogen) atoms. The summed E-state index contributed by atoms with van der Waals surface area (Å²) in [5, 5.41) is 6.56. The van der Waals surface area contributed by atoms with Crippen molar-refractivity contribution in [1.82, 2.24) is 10.2 Å². The number of aromatic amines is 1. The Kier molecular flexibility index (Phi) is 4.12. The first kappa shape index (κ1) is 13.5. The van der Waals surface area contributed by atoms with Crippen LogP contribution in [0.1, 0.15) is 37.3 Å². The van der Waals surface area contributed by atoms with Gasteiger partial charge in [0, 0.05) is 18.2 Å². The first-order chi connectivity index (χ1) is 9.15. The van der Waals surface area contributed by atoms with E-state index in [2.05, 4.69) is 36.2 Å². The lowest BCUT2D eigenvalue weighted by Gasteiger charge is -2.10. The van der Waals surface area contributed by atoms with Gasteiger partial charge in [-0.25, -0.2) is 5.10 Å². The fourth-order valence-corrected chi connectivity index (χ4v) is 2.05. The third kappa shape index (κ3) is 2.90. The second kappa shape index (κ2) is 5.80. The summed E-state index contributed by atoms with van der Waals surface area (Å²) in [6.07, 6.45) is 1.12. The van der Waals surface area contributed by atoms with Gasteiger partial charge in [-0.2, -0.15) is 5.10 Å². The van der Waals surface area contributed by atoms with Crippen LogP contribution in [0.5, 0.6) is 0 Å². The Morgan fingerprint density at radius 2 is 2.00 bits per heavy atom. The highest BCUT2D eigenvalue weighted by atomic mass is 16.1. The first-order valence-electron chi connectivity index (χ1n) is 6.54. The Balaban J connectivity index is 2.40. The number of nitrogens with zero attached hydrogens (tertiary/aromatic N) is 1. The van der Waals surface area contributed by atoms with E-state index in [-0.39, 0.29) is 5.56 Å². The van der Waals surface area contributed by atoms with Crippen LogP contribution in [-0.2, 0) is 6.54 Å². The Labute approximate surface area is 112 Å². The van der Waals surface area contributed by atoms with Gasteiger partial charge in [0.1, 0.15) is 0 Å². The monoisotopic (exact) mass is 257 g/mol. The Bertz CT molecular complexity index is 602. The normalized spacial score (nSPS) is 12.4. The summed E-state index contributed by atoms with van der Waals surface area (Å²) in [6, 6.07) is 9.78. The molecule has 0 bridgehead atoms. The topological polar surface area (TPSA) is 71.8 Å². The van der Waals surface area contributed by atoms with Gasteiger partial charge in [-0.15, -0.1) is 0 Å². The molecule has 4 nitrogen and oxygen atoms in total. The molecule has 4 heteroatoms. The van der Waals surface area contributed by atoms with Crippen molar-refractivity contribution in [2.45, 2.75) is 32.7 Å². The molecule has 2 rings (SSSR count). The Morgan fingerprint density at radius 3 is 2.58 bits per heavy atom. The van der Waals surface area contributed by atoms with E-state index in [9.17, 15) is 4.79 Å². The number of nitrogens with one attached hydrogen (secondary N) is 1. The number of hydrogen-bond acceptors (Lipinski definition) is 3. The van der Waals surface area contributed by atoms with Crippen LogP contribution in [-0.4, -0.2) is 10.2 Å². The van der Waals surface area contributed by atoms with Crippen LogP contribution in [0.2, 0.25) is 0 Å². The predicted octanol–water partition coefficient (Wildman–Crippen LogP) is 2.41. The number of nitrogens with two attached hydrogens (primary N) is 1. The number of hydrogen-bond donors (Lipinski definition) is 2. The predicted molar refractivity (Wildman–Crippen MR) is 76.9 cm³/mol. The molecule has 0 saturated carbocycles. The average molecular weight is 257 g/mol. The van der Waals surface area contributed by atoms with Gasteiger partial charge in [0.2, 0.25) is 0 Å². The molecule has 0 radical (unpaired) electrons. The van der Waals surface area contributed by atoms with Crippen molar-refractivity contribution in [2.75, 3.05) is 0 Å². The summed E-state index contributed by atoms with van der Waals surface area (Å²) in [6.45, 7) is 4.69. The van der Waals surface area contributed by atoms with E-state index in [1.165, 1.54) is 11.6 Å². The largest absolute Gasteiger partial charge is 0.326 e. The lowest BCUT2D eigenvalue weighted by atomic mass is 9.96. The molecule has 100 valence electrons. The van der Waals surface area contributed by atoms with Crippen molar-refractivity contribution in [2.24, 2.45) is 5.73 Å². The molecule has 1 aromatic carbocycles. The van der Waals surface area contributed by atoms with Crippen LogP contribution in [0, 0.1) is 0 Å². The summed E-state index contributed by atoms with van der Waals surface area (Å²) >= 11 is 0. The van der Waals surface area contributed by atoms with E-state index in [0.717, 1.165) is 23.2 Å². The molecule has 2 aromatic rings. The molecule has 3 N–H and O–H groups in total. The van der Waals surface area contributed by atoms with Crippen LogP contribution in [0.15, 0.2) is 35.1 Å². The van der Waals surface area contributed by atoms with Crippen LogP contribution < -0.4 is 11.3 Å². The van der Waals surface area contributed by atoms with Crippen LogP contribution in [0.3, 0.4) is 0 Å². The molecule has 0 aliphatic heterocycles. The van der Waals surface area contributed by atoms with Gasteiger partial charge in [0.05, 0.1) is 5.69 Å². The highest BCUT2D eigenvalue weighted by molar-refractivity contribution is 5.62. The maximum Gasteiger partial charge on any atom is 0.264 e. The van der Waals surface area contributed by atoms with E-state index < -0.39 is 0 Å². The van der Waals surface area contributed by atoms with Crippen molar-refractivity contribution < 1.29 is 0 Å². The third-order valence-corrected chi connectivity index (χ3v) is 3.47. The van der Waals surface area contributed by atoms with Gasteiger partial charge in [-0.3, -0.25) is 4.79 Å². The second-order valence-electron chi connectivity index (χ2n) is 4.74. The van der Waals surface area contributed by atoms with Crippen LogP contribution in [0.25, 0.3) is 11.3 Å². The Morgan fingerprint density at radius 1 is 1.32 bits per heavy atom. The highest BCUT2D eigenvalue weighted by Crippen LogP contribution is 2.24. The smallest absolute Gasteiger partial charge is 0.264 e. The van der Waals surface area contributed by atoms with Crippen LogP contribution in [0.4, 0.5) is 0 Å². The minimum absolute atomic E-state index is 0.222. The molecule has 0 amide bonds. The van der Waals surface area contributed by atoms with Gasteiger partial charge < -0.3 is 5.73 Å². The zero-order valence-electron chi connectivity index (χ0n) is 11.3. The standard InChI is InChI=1S/C15H19N3O/c1-3-10(2)11-4-6-12(7-5-11)15-13(9-16)8-14(19)17-18-15/h4-8,10H,3,9,16H2,1-2H3,(H,17,19). The SMILES string of the molecule is CCC(C)c1ccc(-c2n[nH]c(=O)cc2CN)cc1. The van der Waals surface area contributed by atoms with E-state index in [4.69, 9.17) is 5.73 Å². The maximum atomic E-state index is 11.2. The van der Waals surface area contributed by atoms with Crippen molar-refractivity contribution in [1.29, 1.82) is 0 Å². The minimum atomic E-state index is -0.222. The summed E-state index contributed by atoms with van der Waals surface area (Å²) in [5.74, 6) is 0.548. The van der Waals surface area contributed by atoms with Gasteiger partial charge in [-0.05, 0) is 23.5 Å². The number of benzene rings is 1. The van der Waals surface area contributed by atoms with Crippen LogP contribution >= 0.6 is 0 Å². The Hall–Kier alpha value is -1.94. The average Bonchev–Trinajstić information content (AvgIpc) is 2.46. The van der Waals surface area contributed by atoms with Gasteiger partial charge in [0.25, 0.3) is 5.56 Å². The molecule has 0 spiro atoms. The van der Waals surface area contributed by atoms with E-state index >= 15 is 0 Å². The number of H-pyrrole nitrogens is 1. The van der Waals surface area contributed by atoms with Crippen molar-refractivity contribution >= 4 is 0 Å². The summed E-state index contributed by atoms with van der Waals surface area (Å²) in [4.78, 5) is 11.2. The zero-order valence-corrected chi connectivity index (χ0v) is 11.3. The molecular weight excluding hydrogens is 238 g/mol. The summed E-state index contributed by atoms with van der Waals surface area (Å²) in [7, 11) is 0. The summed E-state index contributed by atoms with van der Waals surface area (Å²) in [5.41, 5.74) is 9.24. The van der Waals surface area contributed by atoms with Crippen molar-refractivity contribution in [3.8, 4) is 11.3 Å². The molecule has 0 fully saturated rings. The molecular formula is C15H19N3O. The van der Waals surface area contributed by atoms with Gasteiger partial charge in [-0.1, -0.05) is 38.1 Å². The highest BCUT2D eigenvalue weighted by Gasteiger charge is 2.08. The molecule has 0 aliphatic carbocycles. The maximum absolute atomic E-state index is 11.2. The molecule has 0 saturated heterocycles. The van der Waals surface area contributed by atoms with Crippen molar-refractivity contribution in [3.05, 3.63) is 51.8 Å². The third-order valence-electron chi connectivity index (χ3n) is 3.47. The lowest BCUT2D eigenvalue weighted by molar-refractivity contribution is 0.734. The molecule has 1 unspecified atom stereocenters. The zero-order chi connectivity index (χ0) is 13.8. The fourth-order valence-electron chi connectivity index (χ4n) is 2.05. The number of aromatic nitrogens is 2. The minimum Gasteiger partial charge on any atom is -0.326 e. The van der Waals surface area contributed by atoms with E-state index in [0.29, 0.717) is 12.5 Å². The number of rotatable bonds is 4. The molecule has 1 aromatic heterocycles. The second-order valence-corrected chi connectivity index (χ2v) is 4.74. The van der Waals surface area contributed by atoms with Gasteiger partial charge >= 0.3 is 0 Å².